The first-order chi connectivity index (χ1) is 3.29. The first kappa shape index (κ1) is 8.75. The van der Waals surface area contributed by atoms with Crippen molar-refractivity contribution in [2.75, 3.05) is 0 Å². The molecular formula is C4H5NPSW-. The van der Waals surface area contributed by atoms with Gasteiger partial charge in [0.2, 0.25) is 0 Å². The fourth-order valence-electron chi connectivity index (χ4n) is 0.336. The van der Waals surface area contributed by atoms with E-state index in [2.05, 4.69) is 20.4 Å². The van der Waals surface area contributed by atoms with Crippen molar-refractivity contribution in [2.45, 2.75) is 6.92 Å². The summed E-state index contributed by atoms with van der Waals surface area (Å²) in [7, 11) is 2.53. The molecule has 0 bridgehead atoms. The van der Waals surface area contributed by atoms with E-state index in [4.69, 9.17) is 0 Å². The van der Waals surface area contributed by atoms with E-state index < -0.39 is 0 Å². The average molecular weight is 314 g/mol. The molecule has 0 fully saturated rings. The Kier molecular flexibility index (Phi) is 4.06. The molecule has 0 saturated carbocycles. The number of rotatable bonds is 0. The summed E-state index contributed by atoms with van der Waals surface area (Å²) in [5.74, 6) is 0. The van der Waals surface area contributed by atoms with Crippen LogP contribution in [-0.4, -0.2) is 4.98 Å². The molecule has 0 aromatic carbocycles. The normalized spacial score (nSPS) is 8.25. The van der Waals surface area contributed by atoms with Crippen molar-refractivity contribution in [1.29, 1.82) is 0 Å². The van der Waals surface area contributed by atoms with Crippen LogP contribution in [-0.2, 0) is 21.1 Å². The minimum atomic E-state index is 0. The molecule has 1 aromatic rings. The topological polar surface area (TPSA) is 12.9 Å². The summed E-state index contributed by atoms with van der Waals surface area (Å²) in [5, 5.41) is 0. The van der Waals surface area contributed by atoms with Crippen LogP contribution in [0.25, 0.3) is 0 Å². The van der Waals surface area contributed by atoms with E-state index in [-0.39, 0.29) is 21.1 Å². The van der Waals surface area contributed by atoms with Gasteiger partial charge in [-0.3, -0.25) is 0 Å². The second kappa shape index (κ2) is 3.71. The molecule has 0 aliphatic heterocycles. The molecule has 0 saturated heterocycles. The summed E-state index contributed by atoms with van der Waals surface area (Å²) < 4.78 is 1.01. The van der Waals surface area contributed by atoms with Gasteiger partial charge in [-0.15, -0.1) is 6.20 Å². The second-order valence-corrected chi connectivity index (χ2v) is 3.42. The van der Waals surface area contributed by atoms with Crippen molar-refractivity contribution in [3.05, 3.63) is 11.1 Å². The van der Waals surface area contributed by atoms with Crippen LogP contribution in [0.4, 0.5) is 0 Å². The first-order valence-electron chi connectivity index (χ1n) is 1.89. The Morgan fingerprint density at radius 2 is 2.38 bits per heavy atom. The van der Waals surface area contributed by atoms with Crippen LogP contribution in [0, 0.1) is 13.1 Å². The van der Waals surface area contributed by atoms with Gasteiger partial charge in [-0.2, -0.15) is 9.24 Å². The van der Waals surface area contributed by atoms with E-state index in [1.54, 1.807) is 11.3 Å². The number of nitrogens with zero attached hydrogens (tertiary/aromatic N) is 1. The van der Waals surface area contributed by atoms with E-state index >= 15 is 0 Å². The van der Waals surface area contributed by atoms with Gasteiger partial charge in [-0.1, -0.05) is 4.88 Å². The smallest absolute Gasteiger partial charge is 0 e. The minimum Gasteiger partial charge on any atom is -0.442 e. The predicted octanol–water partition coefficient (Wildman–Crippen LogP) is 0.750. The molecule has 1 aromatic heterocycles. The first-order valence-corrected chi connectivity index (χ1v) is 3.29. The molecule has 4 heteroatoms. The summed E-state index contributed by atoms with van der Waals surface area (Å²) in [6, 6.07) is 0. The molecule has 0 radical (unpaired) electrons. The van der Waals surface area contributed by atoms with E-state index in [0.717, 1.165) is 9.63 Å². The number of hydrogen-bond donors (Lipinski definition) is 0. The van der Waals surface area contributed by atoms with Crippen molar-refractivity contribution in [2.24, 2.45) is 0 Å². The molecule has 1 unspecified atom stereocenters. The van der Waals surface area contributed by atoms with Crippen LogP contribution in [0.1, 0.15) is 4.88 Å². The summed E-state index contributed by atoms with van der Waals surface area (Å²) in [6.45, 7) is 1.99. The number of thiazole rings is 1. The Morgan fingerprint density at radius 1 is 1.75 bits per heavy atom. The molecule has 1 rings (SSSR count). The second-order valence-electron chi connectivity index (χ2n) is 1.22. The van der Waals surface area contributed by atoms with Crippen molar-refractivity contribution >= 4 is 25.3 Å². The van der Waals surface area contributed by atoms with Gasteiger partial charge in [0, 0.05) is 21.1 Å². The molecule has 1 nitrogen and oxygen atoms in total. The third-order valence-corrected chi connectivity index (χ3v) is 1.76. The van der Waals surface area contributed by atoms with E-state index in [1.165, 1.54) is 0 Å². The van der Waals surface area contributed by atoms with Crippen LogP contribution >= 0.6 is 20.6 Å². The van der Waals surface area contributed by atoms with Crippen LogP contribution in [0.3, 0.4) is 0 Å². The Labute approximate surface area is 69.4 Å². The third-order valence-electron chi connectivity index (χ3n) is 0.581. The molecule has 0 aliphatic carbocycles. The van der Waals surface area contributed by atoms with Gasteiger partial charge in [-0.25, -0.2) is 11.3 Å². The minimum absolute atomic E-state index is 0. The zero-order chi connectivity index (χ0) is 5.28. The van der Waals surface area contributed by atoms with Crippen molar-refractivity contribution in [1.82, 2.24) is 4.98 Å². The molecular weight excluding hydrogens is 309 g/mol. The summed E-state index contributed by atoms with van der Waals surface area (Å²) in [5.41, 5.74) is 0. The number of aromatic nitrogens is 1. The maximum absolute atomic E-state index is 3.87. The monoisotopic (exact) mass is 314 g/mol. The molecule has 0 spiro atoms. The summed E-state index contributed by atoms with van der Waals surface area (Å²) >= 11 is 1.64. The average Bonchev–Trinajstić information content (AvgIpc) is 1.87. The molecule has 8 heavy (non-hydrogen) atoms. The van der Waals surface area contributed by atoms with E-state index in [9.17, 15) is 0 Å². The quantitative estimate of drug-likeness (QED) is 0.509. The Morgan fingerprint density at radius 3 is 2.50 bits per heavy atom. The summed E-state index contributed by atoms with van der Waals surface area (Å²) in [4.78, 5) is 5.02. The summed E-state index contributed by atoms with van der Waals surface area (Å²) in [6.07, 6.45) is 2.82. The van der Waals surface area contributed by atoms with Gasteiger partial charge in [-0.05, 0) is 11.7 Å². The molecule has 0 N–H and O–H groups in total. The van der Waals surface area contributed by atoms with Crippen LogP contribution in [0.15, 0.2) is 0 Å². The van der Waals surface area contributed by atoms with Crippen molar-refractivity contribution in [3.8, 4) is 0 Å². The van der Waals surface area contributed by atoms with E-state index in [1.807, 2.05) is 6.92 Å². The van der Waals surface area contributed by atoms with Crippen LogP contribution < -0.4 is 4.75 Å². The number of hydrogen-bond acceptors (Lipinski definition) is 2. The molecule has 1 atom stereocenters. The van der Waals surface area contributed by atoms with Crippen LogP contribution in [0.5, 0.6) is 0 Å². The predicted molar refractivity (Wildman–Crippen MR) is 35.0 cm³/mol. The van der Waals surface area contributed by atoms with Gasteiger partial charge >= 0.3 is 0 Å². The largest absolute Gasteiger partial charge is 0.442 e. The van der Waals surface area contributed by atoms with Crippen molar-refractivity contribution in [3.63, 3.8) is 0 Å². The molecule has 44 valence electrons. The molecule has 0 aliphatic rings. The SMILES string of the molecule is Cc1[c-]nc(P)s1.[W]. The van der Waals surface area contributed by atoms with Crippen LogP contribution in [0.2, 0.25) is 0 Å². The standard InChI is InChI=1S/C4H5NPS.W/c1-3-2-5-4(6)7-3;/h6H2,1H3;/q-1;. The fraction of sp³-hybridized carbons (Fsp3) is 0.250. The van der Waals surface area contributed by atoms with Gasteiger partial charge in [0.05, 0.1) is 0 Å². The van der Waals surface area contributed by atoms with Gasteiger partial charge in [0.15, 0.2) is 0 Å². The maximum atomic E-state index is 3.87. The Bertz CT molecular complexity index is 148. The Balaban J connectivity index is 0.000000490. The third kappa shape index (κ3) is 2.35. The maximum Gasteiger partial charge on any atom is 0 e. The van der Waals surface area contributed by atoms with Gasteiger partial charge < -0.3 is 4.98 Å². The van der Waals surface area contributed by atoms with Crippen molar-refractivity contribution < 1.29 is 21.1 Å². The zero-order valence-corrected chi connectivity index (χ0v) is 9.25. The fourth-order valence-corrected chi connectivity index (χ4v) is 1.43. The molecule has 0 amide bonds. The zero-order valence-electron chi connectivity index (χ0n) is 4.34. The van der Waals surface area contributed by atoms with Gasteiger partial charge in [0.25, 0.3) is 0 Å². The van der Waals surface area contributed by atoms with Gasteiger partial charge in [0.1, 0.15) is 0 Å². The molecule has 1 heterocycles. The number of aryl methyl sites for hydroxylation is 1. The Hall–Kier alpha value is 0.748. The van der Waals surface area contributed by atoms with E-state index in [0.29, 0.717) is 0 Å².